The molecule has 31 heavy (non-hydrogen) atoms. The molecule has 0 bridgehead atoms. The van der Waals surface area contributed by atoms with Crippen LogP contribution in [0.15, 0.2) is 88.9 Å². The van der Waals surface area contributed by atoms with Gasteiger partial charge in [-0.25, -0.2) is 5.43 Å². The Kier molecular flexibility index (Phi) is 4.64. The van der Waals surface area contributed by atoms with Crippen molar-refractivity contribution in [2.75, 3.05) is 0 Å². The van der Waals surface area contributed by atoms with E-state index in [0.29, 0.717) is 12.1 Å². The molecular formula is C26H21N3O2. The van der Waals surface area contributed by atoms with Crippen molar-refractivity contribution in [2.45, 2.75) is 13.5 Å². The van der Waals surface area contributed by atoms with Crippen LogP contribution in [0, 0.1) is 6.92 Å². The summed E-state index contributed by atoms with van der Waals surface area (Å²) in [7, 11) is 0. The van der Waals surface area contributed by atoms with Gasteiger partial charge in [0.25, 0.3) is 0 Å². The number of aromatic nitrogens is 1. The van der Waals surface area contributed by atoms with Crippen LogP contribution in [0.1, 0.15) is 21.8 Å². The van der Waals surface area contributed by atoms with Crippen LogP contribution in [0.4, 0.5) is 0 Å². The van der Waals surface area contributed by atoms with Gasteiger partial charge in [-0.1, -0.05) is 54.6 Å². The molecule has 2 heterocycles. The molecule has 0 unspecified atom stereocenters. The third-order valence-electron chi connectivity index (χ3n) is 5.60. The Hall–Kier alpha value is -4.12. The monoisotopic (exact) mass is 407 g/mol. The highest BCUT2D eigenvalue weighted by Crippen LogP contribution is 2.28. The van der Waals surface area contributed by atoms with Crippen molar-refractivity contribution in [1.29, 1.82) is 0 Å². The van der Waals surface area contributed by atoms with E-state index in [1.807, 2.05) is 61.5 Å². The maximum absolute atomic E-state index is 12.7. The number of carbonyl (C=O) groups excluding carboxylic acids is 1. The average molecular weight is 407 g/mol. The van der Waals surface area contributed by atoms with Gasteiger partial charge in [0.1, 0.15) is 5.58 Å². The summed E-state index contributed by atoms with van der Waals surface area (Å²) in [6, 6.07) is 21.8. The van der Waals surface area contributed by atoms with Gasteiger partial charge in [0.15, 0.2) is 5.76 Å². The zero-order valence-electron chi connectivity index (χ0n) is 17.1. The summed E-state index contributed by atoms with van der Waals surface area (Å²) in [5.74, 6) is -0.154. The largest absolute Gasteiger partial charge is 0.451 e. The number of nitrogens with zero attached hydrogens (tertiary/aromatic N) is 2. The molecule has 0 saturated heterocycles. The third kappa shape index (κ3) is 3.20. The number of fused-ring (bicyclic) bond motifs is 4. The molecule has 3 aromatic carbocycles. The molecule has 0 atom stereocenters. The number of nitrogens with one attached hydrogen (secondary N) is 1. The van der Waals surface area contributed by atoms with Crippen LogP contribution in [0.3, 0.4) is 0 Å². The Morgan fingerprint density at radius 3 is 2.68 bits per heavy atom. The Morgan fingerprint density at radius 2 is 1.84 bits per heavy atom. The van der Waals surface area contributed by atoms with Gasteiger partial charge >= 0.3 is 5.91 Å². The van der Waals surface area contributed by atoms with Crippen molar-refractivity contribution in [3.63, 3.8) is 0 Å². The van der Waals surface area contributed by atoms with Gasteiger partial charge in [0.2, 0.25) is 0 Å². The summed E-state index contributed by atoms with van der Waals surface area (Å²) in [5, 5.41) is 8.36. The van der Waals surface area contributed by atoms with Crippen molar-refractivity contribution in [3.8, 4) is 0 Å². The van der Waals surface area contributed by atoms with Gasteiger partial charge in [-0.15, -0.1) is 6.58 Å². The second-order valence-electron chi connectivity index (χ2n) is 7.42. The highest BCUT2D eigenvalue weighted by Gasteiger charge is 2.14. The first-order valence-electron chi connectivity index (χ1n) is 10.1. The van der Waals surface area contributed by atoms with E-state index in [4.69, 9.17) is 4.42 Å². The van der Waals surface area contributed by atoms with Crippen molar-refractivity contribution < 1.29 is 9.21 Å². The molecule has 152 valence electrons. The number of hydrogen-bond acceptors (Lipinski definition) is 3. The lowest BCUT2D eigenvalue weighted by molar-refractivity contribution is 0.0929. The Bertz CT molecular complexity index is 1490. The minimum atomic E-state index is -0.385. The number of furan rings is 1. The number of hydrazone groups is 1. The molecule has 5 rings (SSSR count). The molecule has 1 amide bonds. The first-order chi connectivity index (χ1) is 15.2. The highest BCUT2D eigenvalue weighted by molar-refractivity contribution is 6.08. The van der Waals surface area contributed by atoms with E-state index in [-0.39, 0.29) is 11.7 Å². The number of amides is 1. The average Bonchev–Trinajstić information content (AvgIpc) is 3.35. The Morgan fingerprint density at radius 1 is 1.06 bits per heavy atom. The minimum absolute atomic E-state index is 0.231. The zero-order valence-corrected chi connectivity index (χ0v) is 17.1. The number of allylic oxidation sites excluding steroid dienone is 1. The van der Waals surface area contributed by atoms with E-state index in [1.54, 1.807) is 12.3 Å². The molecule has 2 aromatic heterocycles. The van der Waals surface area contributed by atoms with Crippen LogP contribution in [-0.2, 0) is 6.54 Å². The summed E-state index contributed by atoms with van der Waals surface area (Å²) in [6.07, 6.45) is 3.56. The van der Waals surface area contributed by atoms with Gasteiger partial charge in [-0.05, 0) is 35.9 Å². The predicted octanol–water partition coefficient (Wildman–Crippen LogP) is 5.80. The van der Waals surface area contributed by atoms with Crippen molar-refractivity contribution in [1.82, 2.24) is 9.99 Å². The van der Waals surface area contributed by atoms with Gasteiger partial charge in [-0.2, -0.15) is 5.10 Å². The van der Waals surface area contributed by atoms with Crippen molar-refractivity contribution in [3.05, 3.63) is 96.4 Å². The number of para-hydroxylation sites is 1. The van der Waals surface area contributed by atoms with E-state index < -0.39 is 0 Å². The first kappa shape index (κ1) is 18.9. The fourth-order valence-corrected chi connectivity index (χ4v) is 4.10. The molecule has 0 spiro atoms. The van der Waals surface area contributed by atoms with Gasteiger partial charge in [0, 0.05) is 34.1 Å². The molecule has 5 aromatic rings. The summed E-state index contributed by atoms with van der Waals surface area (Å²) in [6.45, 7) is 6.59. The second kappa shape index (κ2) is 7.61. The zero-order chi connectivity index (χ0) is 21.4. The SMILES string of the molecule is C=CCn1c(C)c(C=NNC(=O)c2cc3c(ccc4ccccc43)o2)c2ccccc21. The molecular weight excluding hydrogens is 386 g/mol. The lowest BCUT2D eigenvalue weighted by atomic mass is 10.1. The summed E-state index contributed by atoms with van der Waals surface area (Å²) >= 11 is 0. The lowest BCUT2D eigenvalue weighted by Gasteiger charge is -2.03. The number of hydrogen-bond donors (Lipinski definition) is 1. The van der Waals surface area contributed by atoms with Crippen LogP contribution in [0.2, 0.25) is 0 Å². The van der Waals surface area contributed by atoms with E-state index in [2.05, 4.69) is 33.8 Å². The first-order valence-corrected chi connectivity index (χ1v) is 10.1. The van der Waals surface area contributed by atoms with Crippen molar-refractivity contribution >= 4 is 44.8 Å². The molecule has 1 N–H and O–H groups in total. The van der Waals surface area contributed by atoms with Crippen LogP contribution in [-0.4, -0.2) is 16.7 Å². The predicted molar refractivity (Wildman–Crippen MR) is 126 cm³/mol. The van der Waals surface area contributed by atoms with Crippen LogP contribution < -0.4 is 5.43 Å². The Balaban J connectivity index is 1.44. The van der Waals surface area contributed by atoms with Crippen LogP contribution >= 0.6 is 0 Å². The third-order valence-corrected chi connectivity index (χ3v) is 5.60. The molecule has 0 aliphatic heterocycles. The molecule has 5 heteroatoms. The number of benzene rings is 3. The van der Waals surface area contributed by atoms with Crippen LogP contribution in [0.25, 0.3) is 32.6 Å². The molecule has 0 radical (unpaired) electrons. The molecule has 5 nitrogen and oxygen atoms in total. The smallest absolute Gasteiger partial charge is 0.307 e. The van der Waals surface area contributed by atoms with E-state index >= 15 is 0 Å². The summed E-state index contributed by atoms with van der Waals surface area (Å²) < 4.78 is 7.95. The van der Waals surface area contributed by atoms with E-state index in [9.17, 15) is 4.79 Å². The normalized spacial score (nSPS) is 11.6. The molecule has 0 fully saturated rings. The lowest BCUT2D eigenvalue weighted by Crippen LogP contribution is -2.16. The summed E-state index contributed by atoms with van der Waals surface area (Å²) in [5.41, 5.74) is 6.41. The molecule has 0 aliphatic rings. The maximum Gasteiger partial charge on any atom is 0.307 e. The highest BCUT2D eigenvalue weighted by atomic mass is 16.3. The topological polar surface area (TPSA) is 59.5 Å². The van der Waals surface area contributed by atoms with Crippen molar-refractivity contribution in [2.24, 2.45) is 5.10 Å². The van der Waals surface area contributed by atoms with E-state index in [1.165, 1.54) is 0 Å². The number of carbonyl (C=O) groups is 1. The maximum atomic E-state index is 12.7. The fraction of sp³-hybridized carbons (Fsp3) is 0.0769. The van der Waals surface area contributed by atoms with Crippen LogP contribution in [0.5, 0.6) is 0 Å². The fourth-order valence-electron chi connectivity index (χ4n) is 4.10. The second-order valence-corrected chi connectivity index (χ2v) is 7.42. The standard InChI is InChI=1S/C26H21N3O2/c1-3-14-29-17(2)22(20-10-6-7-11-23(20)29)16-27-28-26(30)25-15-21-19-9-5-4-8-18(19)12-13-24(21)31-25/h3-13,15-16H,1,14H2,2H3,(H,28,30). The molecule has 0 aliphatic carbocycles. The quantitative estimate of drug-likeness (QED) is 0.227. The molecule has 0 saturated carbocycles. The van der Waals surface area contributed by atoms with E-state index in [0.717, 1.165) is 38.3 Å². The Labute approximate surface area is 179 Å². The van der Waals surface area contributed by atoms with Gasteiger partial charge in [-0.3, -0.25) is 4.79 Å². The van der Waals surface area contributed by atoms with Gasteiger partial charge < -0.3 is 8.98 Å². The minimum Gasteiger partial charge on any atom is -0.451 e. The number of rotatable bonds is 5. The summed E-state index contributed by atoms with van der Waals surface area (Å²) in [4.78, 5) is 12.7. The van der Waals surface area contributed by atoms with Gasteiger partial charge in [0.05, 0.1) is 6.21 Å².